The monoisotopic (exact) mass is 398 g/mol. The second-order valence-electron chi connectivity index (χ2n) is 5.51. The van der Waals surface area contributed by atoms with Crippen molar-refractivity contribution in [3.05, 3.63) is 54.1 Å². The minimum Gasteiger partial charge on any atom is -0.494 e. The standard InChI is InChI=1S/C18H20F2N2O4S/c1-3-22(12-18(23)21-17-10-5-13(19)11-16(17)20)27(24,25)15-8-6-14(7-9-15)26-4-2/h5-11H,3-4,12H2,1-2H3,(H,21,23). The summed E-state index contributed by atoms with van der Waals surface area (Å²) in [5.41, 5.74) is -0.226. The van der Waals surface area contributed by atoms with Crippen molar-refractivity contribution in [1.82, 2.24) is 4.31 Å². The lowest BCUT2D eigenvalue weighted by Gasteiger charge is -2.20. The van der Waals surface area contributed by atoms with E-state index < -0.39 is 34.1 Å². The number of halogens is 2. The van der Waals surface area contributed by atoms with Crippen LogP contribution in [0.3, 0.4) is 0 Å². The highest BCUT2D eigenvalue weighted by atomic mass is 32.2. The van der Waals surface area contributed by atoms with Crippen LogP contribution >= 0.6 is 0 Å². The van der Waals surface area contributed by atoms with Gasteiger partial charge in [-0.1, -0.05) is 6.92 Å². The number of nitrogens with zero attached hydrogens (tertiary/aromatic N) is 1. The van der Waals surface area contributed by atoms with Crippen LogP contribution in [0.15, 0.2) is 47.4 Å². The van der Waals surface area contributed by atoms with Crippen molar-refractivity contribution >= 4 is 21.6 Å². The molecule has 0 saturated carbocycles. The summed E-state index contributed by atoms with van der Waals surface area (Å²) < 4.78 is 58.2. The maximum atomic E-state index is 13.6. The van der Waals surface area contributed by atoms with Crippen LogP contribution < -0.4 is 10.1 Å². The molecule has 1 N–H and O–H groups in total. The molecule has 0 aliphatic rings. The molecule has 2 rings (SSSR count). The quantitative estimate of drug-likeness (QED) is 0.742. The number of sulfonamides is 1. The molecule has 27 heavy (non-hydrogen) atoms. The maximum absolute atomic E-state index is 13.6. The molecule has 0 fully saturated rings. The minimum absolute atomic E-state index is 0.00793. The topological polar surface area (TPSA) is 75.7 Å². The van der Waals surface area contributed by atoms with Gasteiger partial charge in [-0.25, -0.2) is 17.2 Å². The van der Waals surface area contributed by atoms with E-state index in [2.05, 4.69) is 5.32 Å². The van der Waals surface area contributed by atoms with Crippen LogP contribution in [0.5, 0.6) is 5.75 Å². The Bertz CT molecular complexity index is 902. The molecule has 0 spiro atoms. The molecule has 9 heteroatoms. The van der Waals surface area contributed by atoms with E-state index in [0.717, 1.165) is 16.4 Å². The van der Waals surface area contributed by atoms with Crippen LogP contribution in [-0.2, 0) is 14.8 Å². The van der Waals surface area contributed by atoms with Gasteiger partial charge in [0, 0.05) is 12.6 Å². The van der Waals surface area contributed by atoms with Gasteiger partial charge in [-0.15, -0.1) is 0 Å². The molecule has 2 aromatic carbocycles. The summed E-state index contributed by atoms with van der Waals surface area (Å²) in [6, 6.07) is 8.52. The van der Waals surface area contributed by atoms with Crippen molar-refractivity contribution in [2.75, 3.05) is 25.0 Å². The number of amides is 1. The fourth-order valence-electron chi connectivity index (χ4n) is 2.33. The number of anilines is 1. The molecule has 0 aliphatic carbocycles. The van der Waals surface area contributed by atoms with Crippen molar-refractivity contribution in [2.45, 2.75) is 18.7 Å². The normalized spacial score (nSPS) is 11.4. The van der Waals surface area contributed by atoms with E-state index in [1.54, 1.807) is 6.92 Å². The summed E-state index contributed by atoms with van der Waals surface area (Å²) in [6.07, 6.45) is 0. The van der Waals surface area contributed by atoms with Crippen molar-refractivity contribution in [3.8, 4) is 5.75 Å². The number of ether oxygens (including phenoxy) is 1. The fraction of sp³-hybridized carbons (Fsp3) is 0.278. The van der Waals surface area contributed by atoms with Crippen LogP contribution in [0.1, 0.15) is 13.8 Å². The first kappa shape index (κ1) is 20.8. The van der Waals surface area contributed by atoms with Gasteiger partial charge in [0.15, 0.2) is 0 Å². The van der Waals surface area contributed by atoms with E-state index >= 15 is 0 Å². The number of rotatable bonds is 8. The van der Waals surface area contributed by atoms with Gasteiger partial charge in [0.05, 0.1) is 23.7 Å². The number of nitrogens with one attached hydrogen (secondary N) is 1. The zero-order valence-corrected chi connectivity index (χ0v) is 15.7. The summed E-state index contributed by atoms with van der Waals surface area (Å²) in [6.45, 7) is 3.37. The minimum atomic E-state index is -3.92. The van der Waals surface area contributed by atoms with Crippen molar-refractivity contribution in [1.29, 1.82) is 0 Å². The molecule has 1 amide bonds. The number of carbonyl (C=O) groups is 1. The number of hydrogen-bond donors (Lipinski definition) is 1. The van der Waals surface area contributed by atoms with Gasteiger partial charge in [0.1, 0.15) is 17.4 Å². The molecular formula is C18H20F2N2O4S. The Morgan fingerprint density at radius 1 is 1.11 bits per heavy atom. The zero-order valence-electron chi connectivity index (χ0n) is 14.9. The first-order chi connectivity index (χ1) is 12.8. The molecular weight excluding hydrogens is 378 g/mol. The smallest absolute Gasteiger partial charge is 0.243 e. The largest absolute Gasteiger partial charge is 0.494 e. The van der Waals surface area contributed by atoms with E-state index in [4.69, 9.17) is 4.74 Å². The van der Waals surface area contributed by atoms with Gasteiger partial charge in [-0.05, 0) is 43.3 Å². The molecule has 0 saturated heterocycles. The van der Waals surface area contributed by atoms with Crippen molar-refractivity contribution in [3.63, 3.8) is 0 Å². The predicted molar refractivity (Wildman–Crippen MR) is 97.0 cm³/mol. The van der Waals surface area contributed by atoms with Gasteiger partial charge in [-0.3, -0.25) is 4.79 Å². The lowest BCUT2D eigenvalue weighted by atomic mass is 10.3. The highest BCUT2D eigenvalue weighted by molar-refractivity contribution is 7.89. The zero-order chi connectivity index (χ0) is 20.0. The number of carbonyl (C=O) groups excluding carboxylic acids is 1. The van der Waals surface area contributed by atoms with Gasteiger partial charge >= 0.3 is 0 Å². The average molecular weight is 398 g/mol. The van der Waals surface area contributed by atoms with Crippen molar-refractivity contribution in [2.24, 2.45) is 0 Å². The Hall–Kier alpha value is -2.52. The third-order valence-electron chi connectivity index (χ3n) is 3.65. The van der Waals surface area contributed by atoms with E-state index in [0.29, 0.717) is 18.4 Å². The van der Waals surface area contributed by atoms with E-state index in [9.17, 15) is 22.0 Å². The Morgan fingerprint density at radius 3 is 2.33 bits per heavy atom. The van der Waals surface area contributed by atoms with Crippen LogP contribution in [-0.4, -0.2) is 38.3 Å². The molecule has 0 atom stereocenters. The van der Waals surface area contributed by atoms with Gasteiger partial charge < -0.3 is 10.1 Å². The number of likely N-dealkylation sites (N-methyl/N-ethyl adjacent to an activating group) is 1. The molecule has 0 bridgehead atoms. The van der Waals surface area contributed by atoms with Crippen LogP contribution in [0, 0.1) is 11.6 Å². The summed E-state index contributed by atoms with van der Waals surface area (Å²) in [5, 5.41) is 2.24. The lowest BCUT2D eigenvalue weighted by Crippen LogP contribution is -2.37. The van der Waals surface area contributed by atoms with Gasteiger partial charge in [0.25, 0.3) is 0 Å². The van der Waals surface area contributed by atoms with Gasteiger partial charge in [0.2, 0.25) is 15.9 Å². The van der Waals surface area contributed by atoms with Crippen molar-refractivity contribution < 1.29 is 26.7 Å². The summed E-state index contributed by atoms with van der Waals surface area (Å²) >= 11 is 0. The first-order valence-corrected chi connectivity index (χ1v) is 9.69. The predicted octanol–water partition coefficient (Wildman–Crippen LogP) is 3.01. The SMILES string of the molecule is CCOc1ccc(S(=O)(=O)N(CC)CC(=O)Nc2ccc(F)cc2F)cc1. The maximum Gasteiger partial charge on any atom is 0.243 e. The average Bonchev–Trinajstić information content (AvgIpc) is 2.62. The summed E-state index contributed by atoms with van der Waals surface area (Å²) in [7, 11) is -3.92. The fourth-order valence-corrected chi connectivity index (χ4v) is 3.74. The number of benzene rings is 2. The Kier molecular flexibility index (Phi) is 6.86. The van der Waals surface area contributed by atoms with E-state index in [1.807, 2.05) is 6.92 Å². The molecule has 0 aliphatic heterocycles. The molecule has 146 valence electrons. The highest BCUT2D eigenvalue weighted by Crippen LogP contribution is 2.20. The summed E-state index contributed by atoms with van der Waals surface area (Å²) in [4.78, 5) is 12.1. The molecule has 0 aromatic heterocycles. The lowest BCUT2D eigenvalue weighted by molar-refractivity contribution is -0.116. The number of hydrogen-bond acceptors (Lipinski definition) is 4. The van der Waals surface area contributed by atoms with Gasteiger partial charge in [-0.2, -0.15) is 4.31 Å². The first-order valence-electron chi connectivity index (χ1n) is 8.25. The van der Waals surface area contributed by atoms with Crippen LogP contribution in [0.2, 0.25) is 0 Å². The highest BCUT2D eigenvalue weighted by Gasteiger charge is 2.25. The molecule has 2 aromatic rings. The summed E-state index contributed by atoms with van der Waals surface area (Å²) in [5.74, 6) is -1.93. The second kappa shape index (κ2) is 8.92. The molecule has 0 unspecified atom stereocenters. The molecule has 6 nitrogen and oxygen atoms in total. The molecule has 0 heterocycles. The second-order valence-corrected chi connectivity index (χ2v) is 7.45. The Balaban J connectivity index is 2.13. The Labute approximate surface area is 156 Å². The van der Waals surface area contributed by atoms with Crippen LogP contribution in [0.4, 0.5) is 14.5 Å². The molecule has 0 radical (unpaired) electrons. The van der Waals surface area contributed by atoms with E-state index in [-0.39, 0.29) is 17.1 Å². The third kappa shape index (κ3) is 5.24. The van der Waals surface area contributed by atoms with E-state index in [1.165, 1.54) is 24.3 Å². The Morgan fingerprint density at radius 2 is 1.78 bits per heavy atom. The third-order valence-corrected chi connectivity index (χ3v) is 5.59. The van der Waals surface area contributed by atoms with Crippen LogP contribution in [0.25, 0.3) is 0 Å².